The van der Waals surface area contributed by atoms with E-state index in [1.54, 1.807) is 13.0 Å². The summed E-state index contributed by atoms with van der Waals surface area (Å²) in [4.78, 5) is 26.7. The van der Waals surface area contributed by atoms with E-state index in [0.29, 0.717) is 5.69 Å². The van der Waals surface area contributed by atoms with Gasteiger partial charge in [-0.25, -0.2) is 0 Å². The highest BCUT2D eigenvalue weighted by Crippen LogP contribution is 2.29. The molecule has 0 aliphatic carbocycles. The van der Waals surface area contributed by atoms with Gasteiger partial charge < -0.3 is 20.1 Å². The van der Waals surface area contributed by atoms with Gasteiger partial charge in [0.25, 0.3) is 5.91 Å². The summed E-state index contributed by atoms with van der Waals surface area (Å²) in [5.74, 6) is -1.30. The van der Waals surface area contributed by atoms with Crippen LogP contribution in [0.3, 0.4) is 0 Å². The average Bonchev–Trinajstić information content (AvgIpc) is 3.04. The molecular formula is C15H16N2O4. The molecule has 1 aromatic heterocycles. The molecule has 0 spiro atoms. The number of nitrogens with one attached hydrogen (secondary N) is 2. The van der Waals surface area contributed by atoms with Gasteiger partial charge in [0.15, 0.2) is 0 Å². The first kappa shape index (κ1) is 13.6. The number of benzene rings is 1. The van der Waals surface area contributed by atoms with Crippen molar-refractivity contribution in [1.82, 2.24) is 10.3 Å². The van der Waals surface area contributed by atoms with E-state index in [2.05, 4.69) is 10.3 Å². The Hall–Kier alpha value is -2.34. The van der Waals surface area contributed by atoms with Gasteiger partial charge in [-0.15, -0.1) is 0 Å². The van der Waals surface area contributed by atoms with E-state index in [0.717, 1.165) is 10.9 Å². The van der Waals surface area contributed by atoms with Gasteiger partial charge in [-0.3, -0.25) is 9.59 Å². The summed E-state index contributed by atoms with van der Waals surface area (Å²) in [5, 5.41) is 13.0. The van der Waals surface area contributed by atoms with E-state index in [4.69, 9.17) is 4.74 Å². The Morgan fingerprint density at radius 1 is 1.43 bits per heavy atom. The Kier molecular flexibility index (Phi) is 3.17. The van der Waals surface area contributed by atoms with Crippen LogP contribution in [0.15, 0.2) is 30.3 Å². The molecule has 3 N–H and O–H groups in total. The summed E-state index contributed by atoms with van der Waals surface area (Å²) in [6, 6.07) is 8.76. The van der Waals surface area contributed by atoms with Crippen LogP contribution < -0.4 is 5.32 Å². The van der Waals surface area contributed by atoms with Crippen LogP contribution in [0.5, 0.6) is 0 Å². The molecule has 6 nitrogen and oxygen atoms in total. The number of carbonyl (C=O) groups is 2. The summed E-state index contributed by atoms with van der Waals surface area (Å²) in [6.07, 6.45) is 0. The summed E-state index contributed by atoms with van der Waals surface area (Å²) in [7, 11) is 0. The molecule has 110 valence electrons. The Labute approximate surface area is 121 Å². The van der Waals surface area contributed by atoms with Gasteiger partial charge in [-0.1, -0.05) is 18.2 Å². The number of ether oxygens (including phenoxy) is 1. The lowest BCUT2D eigenvalue weighted by atomic mass is 9.85. The quantitative estimate of drug-likeness (QED) is 0.796. The van der Waals surface area contributed by atoms with Gasteiger partial charge in [-0.2, -0.15) is 0 Å². The predicted octanol–water partition coefficient (Wildman–Crippen LogP) is 1.39. The SMILES string of the molecule is CC1(C(=O)O)COCC1NC(=O)c1cc2ccccc2[nH]1. The molecule has 0 radical (unpaired) electrons. The normalized spacial score (nSPS) is 25.1. The fraction of sp³-hybridized carbons (Fsp3) is 0.333. The second kappa shape index (κ2) is 4.89. The van der Waals surface area contributed by atoms with Gasteiger partial charge in [0.2, 0.25) is 0 Å². The molecule has 2 atom stereocenters. The van der Waals surface area contributed by atoms with Crippen molar-refractivity contribution in [1.29, 1.82) is 0 Å². The number of amides is 1. The largest absolute Gasteiger partial charge is 0.481 e. The van der Waals surface area contributed by atoms with Gasteiger partial charge in [0, 0.05) is 10.9 Å². The third-order valence-electron chi connectivity index (χ3n) is 4.02. The molecule has 2 unspecified atom stereocenters. The molecule has 1 aliphatic heterocycles. The number of carbonyl (C=O) groups excluding carboxylic acids is 1. The molecule has 1 fully saturated rings. The van der Waals surface area contributed by atoms with E-state index >= 15 is 0 Å². The number of aromatic amines is 1. The highest BCUT2D eigenvalue weighted by Gasteiger charge is 2.47. The molecule has 1 saturated heterocycles. The van der Waals surface area contributed by atoms with Gasteiger partial charge in [-0.05, 0) is 19.1 Å². The molecular weight excluding hydrogens is 272 g/mol. The first-order chi connectivity index (χ1) is 10.0. The van der Waals surface area contributed by atoms with E-state index in [1.807, 2.05) is 24.3 Å². The van der Waals surface area contributed by atoms with E-state index in [1.165, 1.54) is 0 Å². The number of hydrogen-bond acceptors (Lipinski definition) is 3. The lowest BCUT2D eigenvalue weighted by Crippen LogP contribution is -2.49. The maximum atomic E-state index is 12.3. The summed E-state index contributed by atoms with van der Waals surface area (Å²) in [6.45, 7) is 1.88. The maximum Gasteiger partial charge on any atom is 0.313 e. The minimum absolute atomic E-state index is 0.0972. The molecule has 1 aliphatic rings. The zero-order chi connectivity index (χ0) is 15.0. The van der Waals surface area contributed by atoms with Crippen molar-refractivity contribution < 1.29 is 19.4 Å². The zero-order valence-electron chi connectivity index (χ0n) is 11.6. The summed E-state index contributed by atoms with van der Waals surface area (Å²) >= 11 is 0. The average molecular weight is 288 g/mol. The number of carboxylic acids is 1. The van der Waals surface area contributed by atoms with Gasteiger partial charge >= 0.3 is 5.97 Å². The summed E-state index contributed by atoms with van der Waals surface area (Å²) < 4.78 is 5.22. The monoisotopic (exact) mass is 288 g/mol. The molecule has 1 amide bonds. The highest BCUT2D eigenvalue weighted by molar-refractivity contribution is 5.98. The number of rotatable bonds is 3. The van der Waals surface area contributed by atoms with Gasteiger partial charge in [0.05, 0.1) is 19.3 Å². The molecule has 3 rings (SSSR count). The number of H-pyrrole nitrogens is 1. The Morgan fingerprint density at radius 2 is 2.19 bits per heavy atom. The molecule has 21 heavy (non-hydrogen) atoms. The van der Waals surface area contributed by atoms with Crippen LogP contribution in [0.4, 0.5) is 0 Å². The third kappa shape index (κ3) is 2.27. The van der Waals surface area contributed by atoms with E-state index < -0.39 is 17.4 Å². The van der Waals surface area contributed by atoms with E-state index in [-0.39, 0.29) is 19.1 Å². The smallest absolute Gasteiger partial charge is 0.313 e. The maximum absolute atomic E-state index is 12.3. The van der Waals surface area contributed by atoms with Gasteiger partial charge in [0.1, 0.15) is 11.1 Å². The minimum Gasteiger partial charge on any atom is -0.481 e. The van der Waals surface area contributed by atoms with Crippen molar-refractivity contribution in [3.63, 3.8) is 0 Å². The van der Waals surface area contributed by atoms with Crippen LogP contribution in [0, 0.1) is 5.41 Å². The number of fused-ring (bicyclic) bond motifs is 1. The number of aromatic nitrogens is 1. The van der Waals surface area contributed by atoms with Crippen molar-refractivity contribution in [2.45, 2.75) is 13.0 Å². The van der Waals surface area contributed by atoms with Crippen LogP contribution in [-0.2, 0) is 9.53 Å². The molecule has 2 heterocycles. The lowest BCUT2D eigenvalue weighted by Gasteiger charge is -2.25. The minimum atomic E-state index is -1.10. The molecule has 1 aromatic carbocycles. The van der Waals surface area contributed by atoms with Crippen LogP contribution in [-0.4, -0.2) is 41.2 Å². The summed E-state index contributed by atoms with van der Waals surface area (Å²) in [5.41, 5.74) is 0.184. The van der Waals surface area contributed by atoms with E-state index in [9.17, 15) is 14.7 Å². The molecule has 0 saturated carbocycles. The Morgan fingerprint density at radius 3 is 2.90 bits per heavy atom. The molecule has 6 heteroatoms. The van der Waals surface area contributed by atoms with Crippen LogP contribution in [0.25, 0.3) is 10.9 Å². The second-order valence-electron chi connectivity index (χ2n) is 5.53. The van der Waals surface area contributed by atoms with Crippen molar-refractivity contribution in [2.24, 2.45) is 5.41 Å². The second-order valence-corrected chi connectivity index (χ2v) is 5.53. The fourth-order valence-corrected chi connectivity index (χ4v) is 2.52. The molecule has 2 aromatic rings. The van der Waals surface area contributed by atoms with Crippen LogP contribution >= 0.6 is 0 Å². The standard InChI is InChI=1S/C15H16N2O4/c1-15(14(19)20)8-21-7-12(15)17-13(18)11-6-9-4-2-3-5-10(9)16-11/h2-6,12,16H,7-8H2,1H3,(H,17,18)(H,19,20). The fourth-order valence-electron chi connectivity index (χ4n) is 2.52. The highest BCUT2D eigenvalue weighted by atomic mass is 16.5. The zero-order valence-corrected chi connectivity index (χ0v) is 11.6. The van der Waals surface area contributed by atoms with Crippen molar-refractivity contribution in [3.05, 3.63) is 36.0 Å². The predicted molar refractivity (Wildman–Crippen MR) is 76.1 cm³/mol. The Bertz CT molecular complexity index is 676. The van der Waals surface area contributed by atoms with Crippen molar-refractivity contribution >= 4 is 22.8 Å². The lowest BCUT2D eigenvalue weighted by molar-refractivity contribution is -0.148. The third-order valence-corrected chi connectivity index (χ3v) is 4.02. The van der Waals surface area contributed by atoms with Crippen molar-refractivity contribution in [3.8, 4) is 0 Å². The molecule has 0 bridgehead atoms. The van der Waals surface area contributed by atoms with Crippen LogP contribution in [0.2, 0.25) is 0 Å². The number of carboxylic acid groups (broad SMARTS) is 1. The number of aliphatic carboxylic acids is 1. The van der Waals surface area contributed by atoms with Crippen LogP contribution in [0.1, 0.15) is 17.4 Å². The first-order valence-corrected chi connectivity index (χ1v) is 6.70. The van der Waals surface area contributed by atoms with Crippen molar-refractivity contribution in [2.75, 3.05) is 13.2 Å². The first-order valence-electron chi connectivity index (χ1n) is 6.70. The number of hydrogen-bond donors (Lipinski definition) is 3. The Balaban J connectivity index is 1.81. The topological polar surface area (TPSA) is 91.4 Å². The number of para-hydroxylation sites is 1.